The van der Waals surface area contributed by atoms with E-state index in [9.17, 15) is 4.79 Å². The van der Waals surface area contributed by atoms with E-state index in [1.807, 2.05) is 0 Å². The predicted molar refractivity (Wildman–Crippen MR) is 70.6 cm³/mol. The van der Waals surface area contributed by atoms with E-state index >= 15 is 0 Å². The molecule has 3 rings (SSSR count). The zero-order chi connectivity index (χ0) is 12.0. The molecule has 3 nitrogen and oxygen atoms in total. The van der Waals surface area contributed by atoms with Gasteiger partial charge in [0.15, 0.2) is 3.95 Å². The van der Waals surface area contributed by atoms with Crippen LogP contribution in [-0.2, 0) is 0 Å². The fraction of sp³-hybridized carbons (Fsp3) is 0.333. The van der Waals surface area contributed by atoms with E-state index in [0.29, 0.717) is 15.4 Å². The molecule has 0 radical (unpaired) electrons. The number of hydrogen-bond donors (Lipinski definition) is 2. The molecule has 0 unspecified atom stereocenters. The number of H-pyrrole nitrogens is 1. The quantitative estimate of drug-likeness (QED) is 0.809. The molecule has 2 N–H and O–H groups in total. The number of aromatic amines is 1. The number of benzene rings is 1. The maximum atomic E-state index is 11.1. The summed E-state index contributed by atoms with van der Waals surface area (Å²) >= 11 is 6.58. The highest BCUT2D eigenvalue weighted by Crippen LogP contribution is 2.40. The van der Waals surface area contributed by atoms with Crippen molar-refractivity contribution in [1.29, 1.82) is 0 Å². The van der Waals surface area contributed by atoms with Crippen LogP contribution in [0.15, 0.2) is 12.1 Å². The summed E-state index contributed by atoms with van der Waals surface area (Å²) in [5, 5.41) is 9.12. The van der Waals surface area contributed by atoms with Crippen molar-refractivity contribution in [2.45, 2.75) is 25.2 Å². The van der Waals surface area contributed by atoms with Gasteiger partial charge in [0.2, 0.25) is 0 Å². The third-order valence-electron chi connectivity index (χ3n) is 3.35. The lowest BCUT2D eigenvalue weighted by Crippen LogP contribution is -2.10. The smallest absolute Gasteiger partial charge is 0.335 e. The van der Waals surface area contributed by atoms with E-state index in [4.69, 9.17) is 17.3 Å². The number of aromatic nitrogens is 1. The number of thiazole rings is 1. The summed E-state index contributed by atoms with van der Waals surface area (Å²) in [6.45, 7) is 0. The van der Waals surface area contributed by atoms with Crippen LogP contribution in [0.25, 0.3) is 10.2 Å². The maximum Gasteiger partial charge on any atom is 0.335 e. The van der Waals surface area contributed by atoms with Gasteiger partial charge in [-0.3, -0.25) is 0 Å². The molecule has 1 aliphatic carbocycles. The molecule has 0 amide bonds. The number of carbonyl (C=O) groups is 1. The van der Waals surface area contributed by atoms with Crippen LogP contribution in [0.3, 0.4) is 0 Å². The van der Waals surface area contributed by atoms with Crippen molar-refractivity contribution in [3.05, 3.63) is 27.2 Å². The average molecular weight is 265 g/mol. The Kier molecular flexibility index (Phi) is 2.52. The van der Waals surface area contributed by atoms with Gasteiger partial charge in [-0.1, -0.05) is 6.42 Å². The fourth-order valence-electron chi connectivity index (χ4n) is 2.24. The topological polar surface area (TPSA) is 53.1 Å². The minimum absolute atomic E-state index is 0.365. The van der Waals surface area contributed by atoms with Crippen LogP contribution >= 0.6 is 23.6 Å². The molecular formula is C12H11NO2S2. The van der Waals surface area contributed by atoms with Crippen molar-refractivity contribution in [3.63, 3.8) is 0 Å². The van der Waals surface area contributed by atoms with Crippen molar-refractivity contribution in [1.82, 2.24) is 4.98 Å². The van der Waals surface area contributed by atoms with Gasteiger partial charge < -0.3 is 10.1 Å². The first-order valence-electron chi connectivity index (χ1n) is 5.55. The third-order valence-corrected chi connectivity index (χ3v) is 4.54. The van der Waals surface area contributed by atoms with Gasteiger partial charge in [-0.05, 0) is 48.7 Å². The standard InChI is InChI=1S/C12H11NO2S2/c14-11(15)7-4-8(6-2-1-3-6)10-9(5-7)17-12(16)13-10/h4-6H,1-3H2,(H,13,16)(H,14,15). The normalized spacial score (nSPS) is 16.0. The lowest BCUT2D eigenvalue weighted by molar-refractivity contribution is 0.0697. The first-order valence-corrected chi connectivity index (χ1v) is 6.77. The highest BCUT2D eigenvalue weighted by molar-refractivity contribution is 7.73. The highest BCUT2D eigenvalue weighted by atomic mass is 32.1. The summed E-state index contributed by atoms with van der Waals surface area (Å²) in [5.74, 6) is -0.371. The summed E-state index contributed by atoms with van der Waals surface area (Å²) in [7, 11) is 0. The van der Waals surface area contributed by atoms with Crippen molar-refractivity contribution < 1.29 is 9.90 Å². The largest absolute Gasteiger partial charge is 0.478 e. The Hall–Kier alpha value is -1.20. The summed E-state index contributed by atoms with van der Waals surface area (Å²) in [6, 6.07) is 3.50. The van der Waals surface area contributed by atoms with Gasteiger partial charge in [-0.25, -0.2) is 4.79 Å². The number of aromatic carboxylic acids is 1. The predicted octanol–water partition coefficient (Wildman–Crippen LogP) is 3.92. The molecule has 0 saturated heterocycles. The van der Waals surface area contributed by atoms with E-state index in [2.05, 4.69) is 4.98 Å². The molecule has 2 aromatic rings. The maximum absolute atomic E-state index is 11.1. The zero-order valence-electron chi connectivity index (χ0n) is 9.03. The van der Waals surface area contributed by atoms with Gasteiger partial charge in [0, 0.05) is 0 Å². The van der Waals surface area contributed by atoms with E-state index in [-0.39, 0.29) is 0 Å². The number of nitrogens with one attached hydrogen (secondary N) is 1. The Bertz CT molecular complexity index is 652. The first kappa shape index (κ1) is 10.9. The van der Waals surface area contributed by atoms with E-state index < -0.39 is 5.97 Å². The zero-order valence-corrected chi connectivity index (χ0v) is 10.7. The molecule has 17 heavy (non-hydrogen) atoms. The average Bonchev–Trinajstić information content (AvgIpc) is 2.55. The Morgan fingerprint density at radius 2 is 2.24 bits per heavy atom. The van der Waals surface area contributed by atoms with Gasteiger partial charge in [-0.2, -0.15) is 0 Å². The molecule has 0 spiro atoms. The van der Waals surface area contributed by atoms with Crippen LogP contribution < -0.4 is 0 Å². The summed E-state index contributed by atoms with van der Waals surface area (Å²) in [6.07, 6.45) is 3.53. The molecular weight excluding hydrogens is 254 g/mol. The van der Waals surface area contributed by atoms with Crippen molar-refractivity contribution in [3.8, 4) is 0 Å². The SMILES string of the molecule is O=C(O)c1cc(C2CCC2)c2[nH]c(=S)sc2c1. The molecule has 1 aromatic heterocycles. The van der Waals surface area contributed by atoms with Gasteiger partial charge in [0.05, 0.1) is 15.8 Å². The van der Waals surface area contributed by atoms with Crippen LogP contribution in [0.1, 0.15) is 41.1 Å². The number of rotatable bonds is 2. The molecule has 1 saturated carbocycles. The molecule has 88 valence electrons. The van der Waals surface area contributed by atoms with Gasteiger partial charge in [-0.15, -0.1) is 11.3 Å². The molecule has 0 bridgehead atoms. The van der Waals surface area contributed by atoms with Crippen LogP contribution in [0, 0.1) is 3.95 Å². The van der Waals surface area contributed by atoms with Crippen LogP contribution in [0.2, 0.25) is 0 Å². The van der Waals surface area contributed by atoms with Crippen molar-refractivity contribution in [2.75, 3.05) is 0 Å². The second kappa shape index (κ2) is 3.92. The number of carboxylic acids is 1. The van der Waals surface area contributed by atoms with Gasteiger partial charge in [0.1, 0.15) is 0 Å². The molecule has 1 heterocycles. The van der Waals surface area contributed by atoms with E-state index in [0.717, 1.165) is 28.6 Å². The van der Waals surface area contributed by atoms with E-state index in [1.165, 1.54) is 17.8 Å². The molecule has 0 aliphatic heterocycles. The Morgan fingerprint density at radius 3 is 2.82 bits per heavy atom. The molecule has 1 aliphatic rings. The monoisotopic (exact) mass is 265 g/mol. The first-order chi connectivity index (χ1) is 8.15. The summed E-state index contributed by atoms with van der Waals surface area (Å²) in [5.41, 5.74) is 2.53. The molecule has 0 atom stereocenters. The number of hydrogen-bond acceptors (Lipinski definition) is 3. The fourth-order valence-corrected chi connectivity index (χ4v) is 3.42. The van der Waals surface area contributed by atoms with Crippen molar-refractivity contribution >= 4 is 39.7 Å². The second-order valence-electron chi connectivity index (χ2n) is 4.39. The Labute approximate surface area is 107 Å². The highest BCUT2D eigenvalue weighted by Gasteiger charge is 2.23. The summed E-state index contributed by atoms with van der Waals surface area (Å²) < 4.78 is 1.67. The minimum Gasteiger partial charge on any atom is -0.478 e. The van der Waals surface area contributed by atoms with Gasteiger partial charge >= 0.3 is 5.97 Å². The number of fused-ring (bicyclic) bond motifs is 1. The van der Waals surface area contributed by atoms with Crippen LogP contribution in [0.4, 0.5) is 0 Å². The van der Waals surface area contributed by atoms with Gasteiger partial charge in [0.25, 0.3) is 0 Å². The van der Waals surface area contributed by atoms with Crippen LogP contribution in [0.5, 0.6) is 0 Å². The Morgan fingerprint density at radius 1 is 1.47 bits per heavy atom. The number of carboxylic acid groups (broad SMARTS) is 1. The van der Waals surface area contributed by atoms with E-state index in [1.54, 1.807) is 12.1 Å². The third kappa shape index (κ3) is 1.79. The summed E-state index contributed by atoms with van der Waals surface area (Å²) in [4.78, 5) is 14.3. The Balaban J connectivity index is 2.28. The van der Waals surface area contributed by atoms with Crippen LogP contribution in [-0.4, -0.2) is 16.1 Å². The minimum atomic E-state index is -0.869. The second-order valence-corrected chi connectivity index (χ2v) is 6.10. The van der Waals surface area contributed by atoms with Crippen molar-refractivity contribution in [2.24, 2.45) is 0 Å². The lowest BCUT2D eigenvalue weighted by atomic mass is 9.79. The molecule has 5 heteroatoms. The molecule has 1 fully saturated rings. The lowest BCUT2D eigenvalue weighted by Gasteiger charge is -2.26. The molecule has 1 aromatic carbocycles.